The number of aliphatic hydroxyl groups excluding tert-OH is 1. The van der Waals surface area contributed by atoms with E-state index >= 15 is 0 Å². The van der Waals surface area contributed by atoms with Gasteiger partial charge in [-0.05, 0) is 85.4 Å². The van der Waals surface area contributed by atoms with E-state index in [2.05, 4.69) is 58.0 Å². The van der Waals surface area contributed by atoms with Crippen molar-refractivity contribution < 1.29 is 5.11 Å². The second-order valence-electron chi connectivity index (χ2n) is 6.56. The zero-order valence-corrected chi connectivity index (χ0v) is 13.4. The summed E-state index contributed by atoms with van der Waals surface area (Å²) in [5.41, 5.74) is 9.03. The Hall–Kier alpha value is -1.60. The summed E-state index contributed by atoms with van der Waals surface area (Å²) in [4.78, 5) is 0. The highest BCUT2D eigenvalue weighted by atomic mass is 16.3. The molecule has 1 aliphatic carbocycles. The predicted molar refractivity (Wildman–Crippen MR) is 87.7 cm³/mol. The maximum Gasteiger partial charge on any atom is 0.0829 e. The second kappa shape index (κ2) is 5.31. The fraction of sp³-hybridized carbons (Fsp3) is 0.400. The largest absolute Gasteiger partial charge is 0.388 e. The van der Waals surface area contributed by atoms with E-state index in [1.807, 2.05) is 0 Å². The van der Waals surface area contributed by atoms with Crippen molar-refractivity contribution in [3.8, 4) is 0 Å². The SMILES string of the molecule is Cc1cc(C)c(C)c(C(O)C2Cc3ccccc3C2)c1C. The zero-order chi connectivity index (χ0) is 15.1. The molecule has 2 aromatic carbocycles. The van der Waals surface area contributed by atoms with Gasteiger partial charge in [0.25, 0.3) is 0 Å². The first-order valence-corrected chi connectivity index (χ1v) is 7.81. The molecule has 1 N–H and O–H groups in total. The van der Waals surface area contributed by atoms with Gasteiger partial charge in [-0.1, -0.05) is 30.3 Å². The molecule has 0 aliphatic heterocycles. The van der Waals surface area contributed by atoms with Crippen LogP contribution in [0.4, 0.5) is 0 Å². The van der Waals surface area contributed by atoms with E-state index in [-0.39, 0.29) is 6.10 Å². The van der Waals surface area contributed by atoms with Crippen molar-refractivity contribution in [1.29, 1.82) is 0 Å². The van der Waals surface area contributed by atoms with Crippen LogP contribution in [0.25, 0.3) is 0 Å². The van der Waals surface area contributed by atoms with Crippen LogP contribution in [0, 0.1) is 33.6 Å². The van der Waals surface area contributed by atoms with Gasteiger partial charge in [-0.3, -0.25) is 0 Å². The van der Waals surface area contributed by atoms with Crippen LogP contribution in [0.1, 0.15) is 45.0 Å². The molecule has 110 valence electrons. The van der Waals surface area contributed by atoms with E-state index in [0.717, 1.165) is 18.4 Å². The average Bonchev–Trinajstić information content (AvgIpc) is 2.89. The maximum atomic E-state index is 11.0. The maximum absolute atomic E-state index is 11.0. The Morgan fingerprint density at radius 2 is 1.38 bits per heavy atom. The van der Waals surface area contributed by atoms with E-state index in [9.17, 15) is 5.11 Å². The smallest absolute Gasteiger partial charge is 0.0829 e. The monoisotopic (exact) mass is 280 g/mol. The topological polar surface area (TPSA) is 20.2 Å². The van der Waals surface area contributed by atoms with Crippen molar-refractivity contribution >= 4 is 0 Å². The van der Waals surface area contributed by atoms with Crippen molar-refractivity contribution in [2.45, 2.75) is 46.6 Å². The first-order chi connectivity index (χ1) is 9.99. The van der Waals surface area contributed by atoms with E-state index in [0.29, 0.717) is 5.92 Å². The molecule has 2 aromatic rings. The Morgan fingerprint density at radius 3 is 1.86 bits per heavy atom. The highest BCUT2D eigenvalue weighted by Gasteiger charge is 2.30. The van der Waals surface area contributed by atoms with Crippen LogP contribution in [-0.2, 0) is 12.8 Å². The van der Waals surface area contributed by atoms with E-state index in [1.54, 1.807) is 0 Å². The summed E-state index contributed by atoms with van der Waals surface area (Å²) >= 11 is 0. The predicted octanol–water partition coefficient (Wildman–Crippen LogP) is 4.37. The molecule has 1 nitrogen and oxygen atoms in total. The van der Waals surface area contributed by atoms with E-state index < -0.39 is 0 Å². The average molecular weight is 280 g/mol. The molecule has 1 atom stereocenters. The Morgan fingerprint density at radius 1 is 0.905 bits per heavy atom. The summed E-state index contributed by atoms with van der Waals surface area (Å²) < 4.78 is 0. The Balaban J connectivity index is 1.96. The molecule has 21 heavy (non-hydrogen) atoms. The minimum Gasteiger partial charge on any atom is -0.388 e. The standard InChI is InChI=1S/C20H24O/c1-12-9-13(2)15(4)19(14(12)3)20(21)18-10-16-7-5-6-8-17(16)11-18/h5-9,18,20-21H,10-11H2,1-4H3. The molecule has 3 rings (SSSR count). The van der Waals surface area contributed by atoms with E-state index in [1.165, 1.54) is 33.4 Å². The molecule has 0 spiro atoms. The van der Waals surface area contributed by atoms with Crippen LogP contribution in [0.3, 0.4) is 0 Å². The first-order valence-electron chi connectivity index (χ1n) is 7.81. The minimum atomic E-state index is -0.365. The third-order valence-electron chi connectivity index (χ3n) is 5.25. The molecule has 0 bridgehead atoms. The summed E-state index contributed by atoms with van der Waals surface area (Å²) in [5.74, 6) is 0.306. The quantitative estimate of drug-likeness (QED) is 0.866. The lowest BCUT2D eigenvalue weighted by Gasteiger charge is -2.24. The third-order valence-corrected chi connectivity index (χ3v) is 5.25. The highest BCUT2D eigenvalue weighted by molar-refractivity contribution is 5.46. The van der Waals surface area contributed by atoms with Crippen LogP contribution >= 0.6 is 0 Å². The number of fused-ring (bicyclic) bond motifs is 1. The Kier molecular flexibility index (Phi) is 3.62. The van der Waals surface area contributed by atoms with Gasteiger partial charge in [0.05, 0.1) is 6.10 Å². The van der Waals surface area contributed by atoms with Gasteiger partial charge < -0.3 is 5.11 Å². The number of rotatable bonds is 2. The van der Waals surface area contributed by atoms with E-state index in [4.69, 9.17) is 0 Å². The van der Waals surface area contributed by atoms with Gasteiger partial charge >= 0.3 is 0 Å². The molecule has 0 radical (unpaired) electrons. The Bertz CT molecular complexity index is 633. The van der Waals surface area contributed by atoms with Gasteiger partial charge in [-0.25, -0.2) is 0 Å². The molecular formula is C20H24O. The normalized spacial score (nSPS) is 16.0. The van der Waals surface area contributed by atoms with Crippen LogP contribution in [0.2, 0.25) is 0 Å². The van der Waals surface area contributed by atoms with Crippen LogP contribution in [-0.4, -0.2) is 5.11 Å². The van der Waals surface area contributed by atoms with Gasteiger partial charge in [0.1, 0.15) is 0 Å². The van der Waals surface area contributed by atoms with Crippen molar-refractivity contribution in [3.05, 3.63) is 69.3 Å². The van der Waals surface area contributed by atoms with Crippen LogP contribution in [0.5, 0.6) is 0 Å². The fourth-order valence-electron chi connectivity index (χ4n) is 3.74. The minimum absolute atomic E-state index is 0.306. The van der Waals surface area contributed by atoms with Crippen LogP contribution in [0.15, 0.2) is 30.3 Å². The van der Waals surface area contributed by atoms with Crippen molar-refractivity contribution in [1.82, 2.24) is 0 Å². The molecule has 0 fully saturated rings. The lowest BCUT2D eigenvalue weighted by Crippen LogP contribution is -2.16. The first kappa shape index (κ1) is 14.3. The number of hydrogen-bond donors (Lipinski definition) is 1. The molecule has 0 saturated carbocycles. The summed E-state index contributed by atoms with van der Waals surface area (Å²) in [6, 6.07) is 10.8. The highest BCUT2D eigenvalue weighted by Crippen LogP contribution is 2.38. The van der Waals surface area contributed by atoms with Gasteiger partial charge in [-0.2, -0.15) is 0 Å². The summed E-state index contributed by atoms with van der Waals surface area (Å²) in [7, 11) is 0. The molecule has 0 amide bonds. The summed E-state index contributed by atoms with van der Waals surface area (Å²) in [6.45, 7) is 8.56. The second-order valence-corrected chi connectivity index (χ2v) is 6.56. The number of benzene rings is 2. The summed E-state index contributed by atoms with van der Waals surface area (Å²) in [6.07, 6.45) is 1.61. The molecule has 0 aromatic heterocycles. The van der Waals surface area contributed by atoms with Gasteiger partial charge in [0, 0.05) is 0 Å². The van der Waals surface area contributed by atoms with Crippen LogP contribution < -0.4 is 0 Å². The molecule has 1 heteroatoms. The number of aliphatic hydroxyl groups is 1. The van der Waals surface area contributed by atoms with Gasteiger partial charge in [-0.15, -0.1) is 0 Å². The molecule has 1 unspecified atom stereocenters. The lowest BCUT2D eigenvalue weighted by atomic mass is 9.84. The Labute approximate surface area is 127 Å². The number of hydrogen-bond acceptors (Lipinski definition) is 1. The molecule has 1 aliphatic rings. The van der Waals surface area contributed by atoms with Crippen molar-refractivity contribution in [2.24, 2.45) is 5.92 Å². The molecule has 0 saturated heterocycles. The number of aryl methyl sites for hydroxylation is 2. The zero-order valence-electron chi connectivity index (χ0n) is 13.4. The van der Waals surface area contributed by atoms with Crippen molar-refractivity contribution in [3.63, 3.8) is 0 Å². The molecule has 0 heterocycles. The molecular weight excluding hydrogens is 256 g/mol. The fourth-order valence-corrected chi connectivity index (χ4v) is 3.74. The van der Waals surface area contributed by atoms with Crippen molar-refractivity contribution in [2.75, 3.05) is 0 Å². The van der Waals surface area contributed by atoms with Gasteiger partial charge in [0.15, 0.2) is 0 Å². The summed E-state index contributed by atoms with van der Waals surface area (Å²) in [5, 5.41) is 11.0. The third kappa shape index (κ3) is 2.40. The van der Waals surface area contributed by atoms with Gasteiger partial charge in [0.2, 0.25) is 0 Å². The lowest BCUT2D eigenvalue weighted by molar-refractivity contribution is 0.112.